The topological polar surface area (TPSA) is 41.1 Å². The van der Waals surface area contributed by atoms with Crippen LogP contribution in [0.5, 0.6) is 0 Å². The minimum absolute atomic E-state index is 0.155. The van der Waals surface area contributed by atoms with Gasteiger partial charge in [0.25, 0.3) is 0 Å². The fraction of sp³-hybridized carbons (Fsp3) is 0.364. The van der Waals surface area contributed by atoms with Gasteiger partial charge in [0, 0.05) is 12.2 Å². The predicted molar refractivity (Wildman–Crippen MR) is 58.6 cm³/mol. The maximum atomic E-state index is 11.2. The summed E-state index contributed by atoms with van der Waals surface area (Å²) in [7, 11) is 0. The van der Waals surface area contributed by atoms with Crippen molar-refractivity contribution in [1.82, 2.24) is 5.32 Å². The van der Waals surface area contributed by atoms with Crippen LogP contribution in [0, 0.1) is 13.8 Å². The number of nitrogens with one attached hydrogen (secondary N) is 2. The molecule has 0 atom stereocenters. The zero-order chi connectivity index (χ0) is 10.6. The Balaban J connectivity index is 2.71. The number of aryl methyl sites for hydroxylation is 2. The number of carbonyl (C=O) groups excluding carboxylic acids is 1. The second-order valence-electron chi connectivity index (χ2n) is 3.36. The second-order valence-corrected chi connectivity index (χ2v) is 3.36. The quantitative estimate of drug-likeness (QED) is 0.742. The molecule has 0 saturated carbocycles. The van der Waals surface area contributed by atoms with Crippen LogP contribution < -0.4 is 10.6 Å². The monoisotopic (exact) mass is 192 g/mol. The Labute approximate surface area is 84.5 Å². The number of anilines is 1. The summed E-state index contributed by atoms with van der Waals surface area (Å²) in [5, 5.41) is 5.46. The van der Waals surface area contributed by atoms with Gasteiger partial charge in [-0.25, -0.2) is 4.79 Å². The summed E-state index contributed by atoms with van der Waals surface area (Å²) in [6.45, 7) is 6.55. The van der Waals surface area contributed by atoms with Gasteiger partial charge >= 0.3 is 6.03 Å². The molecule has 0 aliphatic carbocycles. The van der Waals surface area contributed by atoms with E-state index < -0.39 is 0 Å². The summed E-state index contributed by atoms with van der Waals surface area (Å²) in [5.74, 6) is 0. The number of benzene rings is 1. The van der Waals surface area contributed by atoms with E-state index in [2.05, 4.69) is 16.7 Å². The Hall–Kier alpha value is -1.51. The average Bonchev–Trinajstić information content (AvgIpc) is 2.01. The van der Waals surface area contributed by atoms with Crippen molar-refractivity contribution in [3.8, 4) is 0 Å². The number of carbonyl (C=O) groups is 1. The number of hydrogen-bond acceptors (Lipinski definition) is 1. The van der Waals surface area contributed by atoms with Crippen LogP contribution in [0.4, 0.5) is 10.5 Å². The molecule has 0 aliphatic rings. The molecule has 0 spiro atoms. The third-order valence-corrected chi connectivity index (χ3v) is 1.82. The molecule has 3 nitrogen and oxygen atoms in total. The molecule has 0 radical (unpaired) electrons. The first kappa shape index (κ1) is 10.6. The van der Waals surface area contributed by atoms with E-state index >= 15 is 0 Å². The second kappa shape index (κ2) is 4.65. The third-order valence-electron chi connectivity index (χ3n) is 1.82. The highest BCUT2D eigenvalue weighted by Gasteiger charge is 2.00. The minimum atomic E-state index is -0.155. The Kier molecular flexibility index (Phi) is 3.51. The van der Waals surface area contributed by atoms with E-state index in [-0.39, 0.29) is 6.03 Å². The molecule has 0 fully saturated rings. The van der Waals surface area contributed by atoms with Gasteiger partial charge in [-0.2, -0.15) is 0 Å². The van der Waals surface area contributed by atoms with Crippen molar-refractivity contribution in [2.75, 3.05) is 11.9 Å². The van der Waals surface area contributed by atoms with Gasteiger partial charge in [-0.15, -0.1) is 0 Å². The van der Waals surface area contributed by atoms with Crippen LogP contribution in [-0.2, 0) is 0 Å². The summed E-state index contributed by atoms with van der Waals surface area (Å²) in [4.78, 5) is 11.2. The van der Waals surface area contributed by atoms with E-state index in [9.17, 15) is 4.79 Å². The molecule has 1 rings (SSSR count). The molecular weight excluding hydrogens is 176 g/mol. The number of amides is 2. The summed E-state index contributed by atoms with van der Waals surface area (Å²) in [6.07, 6.45) is 0. The van der Waals surface area contributed by atoms with E-state index in [0.717, 1.165) is 16.8 Å². The largest absolute Gasteiger partial charge is 0.338 e. The van der Waals surface area contributed by atoms with Gasteiger partial charge in [-0.05, 0) is 44.0 Å². The van der Waals surface area contributed by atoms with Crippen molar-refractivity contribution < 1.29 is 4.79 Å². The smallest absolute Gasteiger partial charge is 0.319 e. The van der Waals surface area contributed by atoms with Gasteiger partial charge in [0.15, 0.2) is 0 Å². The highest BCUT2D eigenvalue weighted by atomic mass is 16.2. The first-order chi connectivity index (χ1) is 6.61. The minimum Gasteiger partial charge on any atom is -0.338 e. The predicted octanol–water partition coefficient (Wildman–Crippen LogP) is 2.44. The SMILES string of the molecule is CCNC(=O)Nc1cc(C)cc(C)c1. The van der Waals surface area contributed by atoms with Crippen LogP contribution in [0.1, 0.15) is 18.1 Å². The first-order valence-corrected chi connectivity index (χ1v) is 4.75. The molecule has 14 heavy (non-hydrogen) atoms. The van der Waals surface area contributed by atoms with Gasteiger partial charge in [0.05, 0.1) is 0 Å². The van der Waals surface area contributed by atoms with E-state index in [4.69, 9.17) is 0 Å². The molecule has 0 heterocycles. The fourth-order valence-corrected chi connectivity index (χ4v) is 1.38. The van der Waals surface area contributed by atoms with Crippen molar-refractivity contribution >= 4 is 11.7 Å². The summed E-state index contributed by atoms with van der Waals surface area (Å²) >= 11 is 0. The maximum absolute atomic E-state index is 11.2. The van der Waals surface area contributed by atoms with Gasteiger partial charge in [-0.1, -0.05) is 6.07 Å². The molecule has 2 N–H and O–H groups in total. The van der Waals surface area contributed by atoms with E-state index in [1.54, 1.807) is 0 Å². The maximum Gasteiger partial charge on any atom is 0.319 e. The Bertz CT molecular complexity index is 314. The molecule has 1 aromatic carbocycles. The highest BCUT2D eigenvalue weighted by molar-refractivity contribution is 5.89. The van der Waals surface area contributed by atoms with Gasteiger partial charge in [0.2, 0.25) is 0 Å². The molecule has 0 aliphatic heterocycles. The standard InChI is InChI=1S/C11H16N2O/c1-4-12-11(14)13-10-6-8(2)5-9(3)7-10/h5-7H,4H2,1-3H3,(H2,12,13,14). The van der Waals surface area contributed by atoms with Crippen molar-refractivity contribution in [2.24, 2.45) is 0 Å². The fourth-order valence-electron chi connectivity index (χ4n) is 1.38. The normalized spacial score (nSPS) is 9.64. The zero-order valence-corrected chi connectivity index (χ0v) is 8.85. The lowest BCUT2D eigenvalue weighted by Crippen LogP contribution is -2.28. The van der Waals surface area contributed by atoms with Gasteiger partial charge in [-0.3, -0.25) is 0 Å². The van der Waals surface area contributed by atoms with E-state index in [1.807, 2.05) is 32.9 Å². The molecule has 1 aromatic rings. The zero-order valence-electron chi connectivity index (χ0n) is 8.85. The first-order valence-electron chi connectivity index (χ1n) is 4.75. The summed E-state index contributed by atoms with van der Waals surface area (Å²) in [5.41, 5.74) is 3.14. The lowest BCUT2D eigenvalue weighted by atomic mass is 10.1. The Morgan fingerprint density at radius 3 is 2.29 bits per heavy atom. The molecule has 0 aromatic heterocycles. The molecule has 0 unspecified atom stereocenters. The number of hydrogen-bond donors (Lipinski definition) is 2. The van der Waals surface area contributed by atoms with Crippen LogP contribution in [0.25, 0.3) is 0 Å². The van der Waals surface area contributed by atoms with Crippen LogP contribution in [0.2, 0.25) is 0 Å². The summed E-state index contributed by atoms with van der Waals surface area (Å²) < 4.78 is 0. The van der Waals surface area contributed by atoms with E-state index in [1.165, 1.54) is 0 Å². The average molecular weight is 192 g/mol. The van der Waals surface area contributed by atoms with Crippen molar-refractivity contribution in [3.05, 3.63) is 29.3 Å². The van der Waals surface area contributed by atoms with Crippen LogP contribution in [0.15, 0.2) is 18.2 Å². The van der Waals surface area contributed by atoms with Crippen LogP contribution in [0.3, 0.4) is 0 Å². The lowest BCUT2D eigenvalue weighted by molar-refractivity contribution is 0.252. The molecule has 76 valence electrons. The molecule has 0 saturated heterocycles. The summed E-state index contributed by atoms with van der Waals surface area (Å²) in [6, 6.07) is 5.81. The molecule has 0 bridgehead atoms. The number of rotatable bonds is 2. The molecule has 3 heteroatoms. The van der Waals surface area contributed by atoms with Crippen molar-refractivity contribution in [3.63, 3.8) is 0 Å². The van der Waals surface area contributed by atoms with E-state index in [0.29, 0.717) is 6.54 Å². The highest BCUT2D eigenvalue weighted by Crippen LogP contribution is 2.13. The third kappa shape index (κ3) is 3.09. The Morgan fingerprint density at radius 1 is 1.21 bits per heavy atom. The Morgan fingerprint density at radius 2 is 1.79 bits per heavy atom. The van der Waals surface area contributed by atoms with Crippen molar-refractivity contribution in [1.29, 1.82) is 0 Å². The molecule has 2 amide bonds. The number of urea groups is 1. The van der Waals surface area contributed by atoms with Crippen molar-refractivity contribution in [2.45, 2.75) is 20.8 Å². The van der Waals surface area contributed by atoms with Gasteiger partial charge < -0.3 is 10.6 Å². The lowest BCUT2D eigenvalue weighted by Gasteiger charge is -2.07. The van der Waals surface area contributed by atoms with Gasteiger partial charge in [0.1, 0.15) is 0 Å². The van der Waals surface area contributed by atoms with Crippen LogP contribution in [-0.4, -0.2) is 12.6 Å². The van der Waals surface area contributed by atoms with Crippen LogP contribution >= 0.6 is 0 Å². The molecular formula is C11H16N2O.